The first-order chi connectivity index (χ1) is 8.58. The van der Waals surface area contributed by atoms with Crippen LogP contribution in [0.4, 0.5) is 0 Å². The average Bonchev–Trinajstić information content (AvgIpc) is 2.36. The smallest absolute Gasteiger partial charge is 0.255 e. The van der Waals surface area contributed by atoms with Crippen molar-refractivity contribution in [2.45, 2.75) is 6.10 Å². The molecule has 0 aromatic heterocycles. The number of benzene rings is 1. The highest BCUT2D eigenvalue weighted by Gasteiger charge is 2.14. The Morgan fingerprint density at radius 1 is 1.50 bits per heavy atom. The number of carbonyl (C=O) groups is 1. The molecule has 1 rings (SSSR count). The van der Waals surface area contributed by atoms with Crippen molar-refractivity contribution in [2.75, 3.05) is 27.4 Å². The van der Waals surface area contributed by atoms with Crippen molar-refractivity contribution < 1.29 is 19.4 Å². The molecule has 2 N–H and O–H groups in total. The van der Waals surface area contributed by atoms with Crippen LogP contribution < -0.4 is 10.1 Å². The van der Waals surface area contributed by atoms with Crippen LogP contribution in [0.5, 0.6) is 5.75 Å². The Bertz CT molecular complexity index is 411. The Morgan fingerprint density at radius 2 is 2.22 bits per heavy atom. The SMILES string of the molecule is COCC(O)CNC(=O)c1cc(Cl)ccc1OC. The molecule has 0 saturated carbocycles. The Kier molecular flexibility index (Phi) is 5.91. The van der Waals surface area contributed by atoms with Crippen molar-refractivity contribution in [3.63, 3.8) is 0 Å². The molecule has 0 fully saturated rings. The van der Waals surface area contributed by atoms with E-state index in [2.05, 4.69) is 5.32 Å². The second kappa shape index (κ2) is 7.20. The minimum absolute atomic E-state index is 0.0995. The van der Waals surface area contributed by atoms with Gasteiger partial charge in [0.25, 0.3) is 5.91 Å². The number of amides is 1. The zero-order valence-corrected chi connectivity index (χ0v) is 11.0. The minimum Gasteiger partial charge on any atom is -0.496 e. The molecule has 0 aliphatic carbocycles. The standard InChI is InChI=1S/C12H16ClNO4/c1-17-7-9(15)6-14-12(16)10-5-8(13)3-4-11(10)18-2/h3-5,9,15H,6-7H2,1-2H3,(H,14,16). The topological polar surface area (TPSA) is 67.8 Å². The van der Waals surface area contributed by atoms with Crippen LogP contribution in [-0.4, -0.2) is 44.5 Å². The van der Waals surface area contributed by atoms with E-state index >= 15 is 0 Å². The molecular formula is C12H16ClNO4. The maximum Gasteiger partial charge on any atom is 0.255 e. The molecule has 1 amide bonds. The second-order valence-electron chi connectivity index (χ2n) is 3.66. The van der Waals surface area contributed by atoms with Crippen LogP contribution >= 0.6 is 11.6 Å². The van der Waals surface area contributed by atoms with E-state index in [1.54, 1.807) is 12.1 Å². The van der Waals surface area contributed by atoms with Crippen LogP contribution in [0.1, 0.15) is 10.4 Å². The lowest BCUT2D eigenvalue weighted by Gasteiger charge is -2.12. The average molecular weight is 274 g/mol. The van der Waals surface area contributed by atoms with Crippen LogP contribution in [0.25, 0.3) is 0 Å². The van der Waals surface area contributed by atoms with Gasteiger partial charge in [-0.3, -0.25) is 4.79 Å². The molecule has 1 aromatic rings. The number of hydrogen-bond donors (Lipinski definition) is 2. The van der Waals surface area contributed by atoms with Gasteiger partial charge in [0, 0.05) is 18.7 Å². The van der Waals surface area contributed by atoms with Crippen molar-refractivity contribution in [1.82, 2.24) is 5.32 Å². The summed E-state index contributed by atoms with van der Waals surface area (Å²) in [6, 6.07) is 4.76. The van der Waals surface area contributed by atoms with Crippen LogP contribution in [0.3, 0.4) is 0 Å². The van der Waals surface area contributed by atoms with Gasteiger partial charge < -0.3 is 19.9 Å². The fourth-order valence-electron chi connectivity index (χ4n) is 1.41. The number of aliphatic hydroxyl groups excluding tert-OH is 1. The number of nitrogens with one attached hydrogen (secondary N) is 1. The van der Waals surface area contributed by atoms with Gasteiger partial charge in [-0.15, -0.1) is 0 Å². The number of ether oxygens (including phenoxy) is 2. The van der Waals surface area contributed by atoms with Crippen LogP contribution in [-0.2, 0) is 4.74 Å². The fraction of sp³-hybridized carbons (Fsp3) is 0.417. The van der Waals surface area contributed by atoms with E-state index in [1.807, 2.05) is 0 Å². The fourth-order valence-corrected chi connectivity index (χ4v) is 1.59. The molecule has 5 nitrogen and oxygen atoms in total. The lowest BCUT2D eigenvalue weighted by atomic mass is 10.2. The Balaban J connectivity index is 2.68. The van der Waals surface area contributed by atoms with Crippen LogP contribution in [0.15, 0.2) is 18.2 Å². The Hall–Kier alpha value is -1.30. The lowest BCUT2D eigenvalue weighted by Crippen LogP contribution is -2.34. The van der Waals surface area contributed by atoms with Gasteiger partial charge in [-0.25, -0.2) is 0 Å². The number of rotatable bonds is 6. The van der Waals surface area contributed by atoms with Crippen LogP contribution in [0.2, 0.25) is 5.02 Å². The summed E-state index contributed by atoms with van der Waals surface area (Å²) >= 11 is 5.83. The number of methoxy groups -OCH3 is 2. The van der Waals surface area contributed by atoms with E-state index in [-0.39, 0.29) is 19.1 Å². The van der Waals surface area contributed by atoms with Crippen molar-refractivity contribution in [2.24, 2.45) is 0 Å². The molecule has 0 heterocycles. The van der Waals surface area contributed by atoms with E-state index in [9.17, 15) is 9.90 Å². The van der Waals surface area contributed by atoms with E-state index in [4.69, 9.17) is 21.1 Å². The first-order valence-electron chi connectivity index (χ1n) is 5.37. The van der Waals surface area contributed by atoms with Gasteiger partial charge in [-0.1, -0.05) is 11.6 Å². The molecule has 0 radical (unpaired) electrons. The maximum absolute atomic E-state index is 11.9. The molecular weight excluding hydrogens is 258 g/mol. The normalized spacial score (nSPS) is 12.0. The van der Waals surface area contributed by atoms with Gasteiger partial charge in [0.15, 0.2) is 0 Å². The molecule has 0 saturated heterocycles. The number of halogens is 1. The lowest BCUT2D eigenvalue weighted by molar-refractivity contribution is 0.0609. The first kappa shape index (κ1) is 14.8. The summed E-state index contributed by atoms with van der Waals surface area (Å²) in [6.45, 7) is 0.259. The summed E-state index contributed by atoms with van der Waals surface area (Å²) in [5, 5.41) is 12.4. The summed E-state index contributed by atoms with van der Waals surface area (Å²) in [6.07, 6.45) is -0.746. The maximum atomic E-state index is 11.9. The summed E-state index contributed by atoms with van der Waals surface area (Å²) in [7, 11) is 2.95. The predicted octanol–water partition coefficient (Wildman–Crippen LogP) is 1.09. The molecule has 6 heteroatoms. The molecule has 1 aromatic carbocycles. The Labute approximate surface area is 111 Å². The molecule has 1 atom stereocenters. The molecule has 0 bridgehead atoms. The molecule has 0 aliphatic heterocycles. The first-order valence-corrected chi connectivity index (χ1v) is 5.75. The minimum atomic E-state index is -0.746. The van der Waals surface area contributed by atoms with E-state index in [0.717, 1.165) is 0 Å². The van der Waals surface area contributed by atoms with Crippen LogP contribution in [0, 0.1) is 0 Å². The van der Waals surface area contributed by atoms with Gasteiger partial charge in [0.05, 0.1) is 25.4 Å². The van der Waals surface area contributed by atoms with Gasteiger partial charge in [-0.2, -0.15) is 0 Å². The highest BCUT2D eigenvalue weighted by atomic mass is 35.5. The quantitative estimate of drug-likeness (QED) is 0.814. The molecule has 0 aliphatic rings. The summed E-state index contributed by atoms with van der Waals surface area (Å²) in [5.74, 6) is 0.0719. The van der Waals surface area contributed by atoms with Crippen molar-refractivity contribution >= 4 is 17.5 Å². The number of carbonyl (C=O) groups excluding carboxylic acids is 1. The van der Waals surface area contributed by atoms with Crippen molar-refractivity contribution in [3.8, 4) is 5.75 Å². The second-order valence-corrected chi connectivity index (χ2v) is 4.10. The highest BCUT2D eigenvalue weighted by molar-refractivity contribution is 6.31. The van der Waals surface area contributed by atoms with Gasteiger partial charge >= 0.3 is 0 Å². The summed E-state index contributed by atoms with van der Waals surface area (Å²) in [4.78, 5) is 11.9. The third kappa shape index (κ3) is 4.18. The molecule has 0 spiro atoms. The Morgan fingerprint density at radius 3 is 2.83 bits per heavy atom. The van der Waals surface area contributed by atoms with E-state index in [0.29, 0.717) is 16.3 Å². The van der Waals surface area contributed by atoms with Crippen molar-refractivity contribution in [1.29, 1.82) is 0 Å². The molecule has 100 valence electrons. The largest absolute Gasteiger partial charge is 0.496 e. The van der Waals surface area contributed by atoms with E-state index < -0.39 is 6.10 Å². The summed E-state index contributed by atoms with van der Waals surface area (Å²) < 4.78 is 9.83. The number of hydrogen-bond acceptors (Lipinski definition) is 4. The van der Waals surface area contributed by atoms with Gasteiger partial charge in [-0.05, 0) is 18.2 Å². The summed E-state index contributed by atoms with van der Waals surface area (Å²) in [5.41, 5.74) is 0.328. The zero-order valence-electron chi connectivity index (χ0n) is 10.3. The predicted molar refractivity (Wildman–Crippen MR) is 68.2 cm³/mol. The molecule has 1 unspecified atom stereocenters. The van der Waals surface area contributed by atoms with Gasteiger partial charge in [0.1, 0.15) is 5.75 Å². The number of aliphatic hydroxyl groups is 1. The van der Waals surface area contributed by atoms with Crippen molar-refractivity contribution in [3.05, 3.63) is 28.8 Å². The van der Waals surface area contributed by atoms with E-state index in [1.165, 1.54) is 20.3 Å². The monoisotopic (exact) mass is 273 g/mol. The highest BCUT2D eigenvalue weighted by Crippen LogP contribution is 2.22. The third-order valence-corrected chi connectivity index (χ3v) is 2.50. The zero-order chi connectivity index (χ0) is 13.5. The third-order valence-electron chi connectivity index (χ3n) is 2.26. The van der Waals surface area contributed by atoms with Gasteiger partial charge in [0.2, 0.25) is 0 Å². The molecule has 18 heavy (non-hydrogen) atoms.